The van der Waals surface area contributed by atoms with Crippen molar-refractivity contribution >= 4 is 29.3 Å². The van der Waals surface area contributed by atoms with Crippen LogP contribution in [0.2, 0.25) is 0 Å². The maximum Gasteiger partial charge on any atom is 0.184 e. The quantitative estimate of drug-likeness (QED) is 0.929. The Morgan fingerprint density at radius 3 is 2.80 bits per heavy atom. The number of thioether (sulfide) groups is 1. The van der Waals surface area contributed by atoms with Crippen LogP contribution in [0.15, 0.2) is 23.2 Å². The molecule has 1 aromatic carbocycles. The highest BCUT2D eigenvalue weighted by Crippen LogP contribution is 2.34. The van der Waals surface area contributed by atoms with Crippen molar-refractivity contribution in [1.82, 2.24) is 4.90 Å². The zero-order valence-corrected chi connectivity index (χ0v) is 13.3. The van der Waals surface area contributed by atoms with Crippen LogP contribution in [0.25, 0.3) is 0 Å². The maximum absolute atomic E-state index is 10.7. The van der Waals surface area contributed by atoms with Crippen molar-refractivity contribution in [3.63, 3.8) is 0 Å². The van der Waals surface area contributed by atoms with Crippen LogP contribution < -0.4 is 4.74 Å². The van der Waals surface area contributed by atoms with Gasteiger partial charge in [-0.1, -0.05) is 30.0 Å². The van der Waals surface area contributed by atoms with Crippen molar-refractivity contribution in [3.05, 3.63) is 29.3 Å². The van der Waals surface area contributed by atoms with Gasteiger partial charge in [-0.05, 0) is 25.0 Å². The minimum atomic E-state index is -0.922. The van der Waals surface area contributed by atoms with E-state index in [4.69, 9.17) is 4.74 Å². The number of rotatable bonds is 3. The number of ether oxygens (including phenoxy) is 1. The van der Waals surface area contributed by atoms with Gasteiger partial charge in [0.05, 0.1) is 12.3 Å². The molecule has 1 atom stereocenters. The molecular weight excluding hydrogens is 296 g/mol. The monoisotopic (exact) mass is 314 g/mol. The number of halogens is 1. The zero-order chi connectivity index (χ0) is 13.5. The Morgan fingerprint density at radius 1 is 1.40 bits per heavy atom. The summed E-state index contributed by atoms with van der Waals surface area (Å²) >= 11 is 1.61. The van der Waals surface area contributed by atoms with E-state index in [1.54, 1.807) is 11.8 Å². The van der Waals surface area contributed by atoms with Crippen LogP contribution in [-0.4, -0.2) is 46.3 Å². The van der Waals surface area contributed by atoms with Gasteiger partial charge in [-0.25, -0.2) is 0 Å². The molecule has 0 aromatic heterocycles. The second-order valence-electron chi connectivity index (χ2n) is 5.10. The van der Waals surface area contributed by atoms with Gasteiger partial charge in [0.1, 0.15) is 12.4 Å². The highest BCUT2D eigenvalue weighted by molar-refractivity contribution is 8.14. The molecule has 1 fully saturated rings. The first kappa shape index (κ1) is 15.5. The fourth-order valence-electron chi connectivity index (χ4n) is 2.53. The summed E-state index contributed by atoms with van der Waals surface area (Å²) < 4.78 is 5.90. The van der Waals surface area contributed by atoms with E-state index in [-0.39, 0.29) is 19.0 Å². The number of hydrogen-bond donors (Lipinski definition) is 1. The van der Waals surface area contributed by atoms with Crippen LogP contribution in [0.5, 0.6) is 5.75 Å². The molecule has 3 rings (SSSR count). The van der Waals surface area contributed by atoms with Crippen molar-refractivity contribution in [2.24, 2.45) is 4.99 Å². The molecule has 2 aliphatic rings. The lowest BCUT2D eigenvalue weighted by molar-refractivity contribution is -0.0696. The van der Waals surface area contributed by atoms with Gasteiger partial charge in [0.25, 0.3) is 0 Å². The zero-order valence-electron chi connectivity index (χ0n) is 11.6. The van der Waals surface area contributed by atoms with Gasteiger partial charge in [0.2, 0.25) is 0 Å². The number of nitrogens with zero attached hydrogens (tertiary/aromatic N) is 2. The Balaban J connectivity index is 0.00000147. The minimum Gasteiger partial charge on any atom is -0.488 e. The van der Waals surface area contributed by atoms with Gasteiger partial charge in [0, 0.05) is 6.54 Å². The topological polar surface area (TPSA) is 45.1 Å². The third kappa shape index (κ3) is 2.62. The van der Waals surface area contributed by atoms with Crippen LogP contribution in [0.1, 0.15) is 11.1 Å². The van der Waals surface area contributed by atoms with Crippen LogP contribution in [0.4, 0.5) is 0 Å². The fourth-order valence-corrected chi connectivity index (χ4v) is 3.73. The van der Waals surface area contributed by atoms with Gasteiger partial charge in [-0.3, -0.25) is 4.99 Å². The van der Waals surface area contributed by atoms with Crippen molar-refractivity contribution in [1.29, 1.82) is 0 Å². The second-order valence-corrected chi connectivity index (χ2v) is 6.04. The summed E-state index contributed by atoms with van der Waals surface area (Å²) in [6, 6.07) is 6.07. The summed E-state index contributed by atoms with van der Waals surface area (Å²) in [7, 11) is 0. The fraction of sp³-hybridized carbons (Fsp3) is 0.500. The number of para-hydroxylation sites is 1. The Bertz CT molecular complexity index is 518. The molecule has 0 saturated carbocycles. The summed E-state index contributed by atoms with van der Waals surface area (Å²) in [6.07, 6.45) is 0. The largest absolute Gasteiger partial charge is 0.488 e. The first-order valence-electron chi connectivity index (χ1n) is 6.46. The predicted molar refractivity (Wildman–Crippen MR) is 85.1 cm³/mol. The van der Waals surface area contributed by atoms with Crippen molar-refractivity contribution in [2.45, 2.75) is 19.6 Å². The lowest BCUT2D eigenvalue weighted by Crippen LogP contribution is -2.51. The standard InChI is InChI=1S/C14H18N2O2S.ClH/c1-10-4-3-5-11(2)12(10)18-8-14(17)9-19-13-15-6-7-16(13)14;/h3-5,17H,6-9H2,1-2H3;1H. The summed E-state index contributed by atoms with van der Waals surface area (Å²) in [5.41, 5.74) is 1.28. The predicted octanol–water partition coefficient (Wildman–Crippen LogP) is 2.21. The van der Waals surface area contributed by atoms with E-state index < -0.39 is 5.72 Å². The van der Waals surface area contributed by atoms with E-state index >= 15 is 0 Å². The number of aliphatic hydroxyl groups is 1. The molecule has 1 N–H and O–H groups in total. The number of benzene rings is 1. The maximum atomic E-state index is 10.7. The van der Waals surface area contributed by atoms with Gasteiger partial charge in [-0.15, -0.1) is 12.4 Å². The van der Waals surface area contributed by atoms with Crippen molar-refractivity contribution in [3.8, 4) is 5.75 Å². The highest BCUT2D eigenvalue weighted by Gasteiger charge is 2.45. The molecule has 1 aromatic rings. The summed E-state index contributed by atoms with van der Waals surface area (Å²) in [6.45, 7) is 5.89. The van der Waals surface area contributed by atoms with Crippen LogP contribution in [0, 0.1) is 13.8 Å². The molecule has 0 aliphatic carbocycles. The second kappa shape index (κ2) is 5.84. The van der Waals surface area contributed by atoms with Gasteiger partial charge >= 0.3 is 0 Å². The van der Waals surface area contributed by atoms with E-state index in [9.17, 15) is 5.11 Å². The Labute approximate surface area is 129 Å². The van der Waals surface area contributed by atoms with Crippen LogP contribution in [-0.2, 0) is 0 Å². The van der Waals surface area contributed by atoms with E-state index in [0.717, 1.165) is 35.1 Å². The number of aliphatic imine (C=N–C) groups is 1. The molecule has 4 nitrogen and oxygen atoms in total. The van der Waals surface area contributed by atoms with E-state index in [0.29, 0.717) is 5.75 Å². The molecule has 0 spiro atoms. The van der Waals surface area contributed by atoms with E-state index in [1.165, 1.54) is 0 Å². The highest BCUT2D eigenvalue weighted by atomic mass is 35.5. The summed E-state index contributed by atoms with van der Waals surface area (Å²) in [5.74, 6) is 1.50. The average molecular weight is 315 g/mol. The number of hydrogen-bond acceptors (Lipinski definition) is 5. The third-order valence-electron chi connectivity index (χ3n) is 3.59. The van der Waals surface area contributed by atoms with Gasteiger partial charge in [-0.2, -0.15) is 0 Å². The van der Waals surface area contributed by atoms with Crippen LogP contribution >= 0.6 is 24.2 Å². The Kier molecular flexibility index (Phi) is 4.52. The molecular formula is C14H19ClN2O2S. The van der Waals surface area contributed by atoms with Crippen molar-refractivity contribution in [2.75, 3.05) is 25.4 Å². The van der Waals surface area contributed by atoms with Crippen molar-refractivity contribution < 1.29 is 9.84 Å². The molecule has 0 amide bonds. The smallest absolute Gasteiger partial charge is 0.184 e. The van der Waals surface area contributed by atoms with Gasteiger partial charge < -0.3 is 14.7 Å². The Hall–Kier alpha value is -0.910. The first-order valence-corrected chi connectivity index (χ1v) is 7.45. The first-order chi connectivity index (χ1) is 9.10. The molecule has 0 bridgehead atoms. The molecule has 2 heterocycles. The van der Waals surface area contributed by atoms with E-state index in [2.05, 4.69) is 4.99 Å². The minimum absolute atomic E-state index is 0. The molecule has 1 unspecified atom stereocenters. The number of aryl methyl sites for hydroxylation is 2. The van der Waals surface area contributed by atoms with Gasteiger partial charge in [0.15, 0.2) is 10.9 Å². The molecule has 110 valence electrons. The lowest BCUT2D eigenvalue weighted by Gasteiger charge is -2.31. The Morgan fingerprint density at radius 2 is 2.10 bits per heavy atom. The summed E-state index contributed by atoms with van der Waals surface area (Å²) in [5, 5.41) is 11.7. The molecule has 1 saturated heterocycles. The normalized spacial score (nSPS) is 24.1. The molecule has 0 radical (unpaired) electrons. The molecule has 6 heteroatoms. The average Bonchev–Trinajstić information content (AvgIpc) is 2.94. The van der Waals surface area contributed by atoms with Crippen LogP contribution in [0.3, 0.4) is 0 Å². The number of fused-ring (bicyclic) bond motifs is 1. The summed E-state index contributed by atoms with van der Waals surface area (Å²) in [4.78, 5) is 6.34. The molecule has 20 heavy (non-hydrogen) atoms. The third-order valence-corrected chi connectivity index (χ3v) is 4.81. The number of amidine groups is 1. The molecule has 2 aliphatic heterocycles. The SMILES string of the molecule is Cc1cccc(C)c1OCC1(O)CSC2=NCCN21.Cl. The lowest BCUT2D eigenvalue weighted by atomic mass is 10.1. The van der Waals surface area contributed by atoms with E-state index in [1.807, 2.05) is 36.9 Å².